The van der Waals surface area contributed by atoms with E-state index in [1.807, 2.05) is 27.7 Å². The van der Waals surface area contributed by atoms with E-state index >= 15 is 0 Å². The van der Waals surface area contributed by atoms with Gasteiger partial charge in [0.05, 0.1) is 11.2 Å². The topological polar surface area (TPSA) is 18.5 Å². The Morgan fingerprint density at radius 2 is 1.40 bits per heavy atom. The van der Waals surface area contributed by atoms with Crippen molar-refractivity contribution in [2.24, 2.45) is 0 Å². The van der Waals surface area contributed by atoms with Gasteiger partial charge >= 0.3 is 0 Å². The van der Waals surface area contributed by atoms with Crippen LogP contribution in [0, 0.1) is 0 Å². The van der Waals surface area contributed by atoms with Crippen LogP contribution in [-0.2, 0) is 9.39 Å². The van der Waals surface area contributed by atoms with E-state index in [9.17, 15) is 0 Å². The third-order valence-corrected chi connectivity index (χ3v) is 2.25. The molecule has 2 radical (unpaired) electrons. The fourth-order valence-electron chi connectivity index (χ4n) is 0.388. The van der Waals surface area contributed by atoms with E-state index in [1.165, 1.54) is 0 Å². The monoisotopic (exact) mass is 142 g/mol. The molecular formula is C7H15BO2. The molecule has 0 aromatic heterocycles. The maximum Gasteiger partial charge on any atom is 0.283 e. The Hall–Kier alpha value is -0.0151. The summed E-state index contributed by atoms with van der Waals surface area (Å²) in [6.45, 7) is 7.63. The molecule has 0 spiro atoms. The average Bonchev–Trinajstić information content (AvgIpc) is 1.88. The van der Waals surface area contributed by atoms with E-state index in [2.05, 4.69) is 0 Å². The number of hydrogen-bond donors (Lipinski definition) is 0. The first-order valence-corrected chi connectivity index (χ1v) is 3.30. The number of methoxy groups -OCH3 is 1. The van der Waals surface area contributed by atoms with Crippen LogP contribution in [-0.4, -0.2) is 26.4 Å². The molecule has 0 atom stereocenters. The van der Waals surface area contributed by atoms with Gasteiger partial charge in [0.15, 0.2) is 0 Å². The molecule has 0 amide bonds. The molecule has 0 N–H and O–H groups in total. The summed E-state index contributed by atoms with van der Waals surface area (Å²) in [5, 5.41) is 0. The van der Waals surface area contributed by atoms with Crippen LogP contribution in [0.3, 0.4) is 0 Å². The van der Waals surface area contributed by atoms with Crippen molar-refractivity contribution in [3.05, 3.63) is 0 Å². The smallest absolute Gasteiger partial charge is 0.283 e. The highest BCUT2D eigenvalue weighted by Gasteiger charge is 2.36. The number of hydrogen-bond acceptors (Lipinski definition) is 2. The third kappa shape index (κ3) is 1.73. The predicted molar refractivity (Wildman–Crippen MR) is 42.0 cm³/mol. The van der Waals surface area contributed by atoms with Crippen molar-refractivity contribution in [3.63, 3.8) is 0 Å². The standard InChI is InChI=1S/C7H15BO2/c1-6(2,9-5)7(3,4)10-8/h1-5H3. The van der Waals surface area contributed by atoms with Crippen LogP contribution in [0.5, 0.6) is 0 Å². The Morgan fingerprint density at radius 3 is 1.50 bits per heavy atom. The van der Waals surface area contributed by atoms with Crippen molar-refractivity contribution in [1.82, 2.24) is 0 Å². The molecule has 0 saturated carbocycles. The molecule has 2 nitrogen and oxygen atoms in total. The summed E-state index contributed by atoms with van der Waals surface area (Å²) in [6.07, 6.45) is 0. The van der Waals surface area contributed by atoms with Crippen molar-refractivity contribution < 1.29 is 9.39 Å². The van der Waals surface area contributed by atoms with E-state index in [0.717, 1.165) is 0 Å². The van der Waals surface area contributed by atoms with Crippen LogP contribution in [0.2, 0.25) is 0 Å². The zero-order valence-electron chi connectivity index (χ0n) is 7.39. The molecule has 0 bridgehead atoms. The van der Waals surface area contributed by atoms with Crippen molar-refractivity contribution >= 4 is 8.05 Å². The first-order valence-electron chi connectivity index (χ1n) is 3.30. The van der Waals surface area contributed by atoms with Gasteiger partial charge in [0, 0.05) is 7.11 Å². The summed E-state index contributed by atoms with van der Waals surface area (Å²) in [4.78, 5) is 0. The van der Waals surface area contributed by atoms with Crippen molar-refractivity contribution in [2.45, 2.75) is 38.9 Å². The SMILES string of the molecule is [B]OC(C)(C)C(C)(C)OC. The lowest BCUT2D eigenvalue weighted by Crippen LogP contribution is -2.48. The van der Waals surface area contributed by atoms with Gasteiger partial charge in [-0.3, -0.25) is 0 Å². The minimum Gasteiger partial charge on any atom is -0.440 e. The maximum atomic E-state index is 5.19. The van der Waals surface area contributed by atoms with Crippen molar-refractivity contribution in [3.8, 4) is 0 Å². The van der Waals surface area contributed by atoms with Gasteiger partial charge in [-0.2, -0.15) is 0 Å². The molecule has 0 aliphatic heterocycles. The van der Waals surface area contributed by atoms with Crippen LogP contribution >= 0.6 is 0 Å². The quantitative estimate of drug-likeness (QED) is 0.552. The summed E-state index contributed by atoms with van der Waals surface area (Å²) >= 11 is 0. The van der Waals surface area contributed by atoms with Gasteiger partial charge in [0.1, 0.15) is 0 Å². The predicted octanol–water partition coefficient (Wildman–Crippen LogP) is 1.29. The van der Waals surface area contributed by atoms with Gasteiger partial charge in [-0.1, -0.05) is 0 Å². The highest BCUT2D eigenvalue weighted by molar-refractivity contribution is 5.98. The molecule has 0 aromatic carbocycles. The van der Waals surface area contributed by atoms with E-state index in [-0.39, 0.29) is 5.60 Å². The van der Waals surface area contributed by atoms with Crippen molar-refractivity contribution in [2.75, 3.05) is 7.11 Å². The lowest BCUT2D eigenvalue weighted by atomic mass is 9.88. The minimum absolute atomic E-state index is 0.359. The van der Waals surface area contributed by atoms with Gasteiger partial charge in [-0.15, -0.1) is 0 Å². The van der Waals surface area contributed by atoms with Crippen LogP contribution < -0.4 is 0 Å². The second-order valence-electron chi connectivity index (χ2n) is 3.34. The lowest BCUT2D eigenvalue weighted by molar-refractivity contribution is -0.112. The van der Waals surface area contributed by atoms with Gasteiger partial charge in [-0.05, 0) is 27.7 Å². The fraction of sp³-hybridized carbons (Fsp3) is 1.00. The molecule has 0 unspecified atom stereocenters. The van der Waals surface area contributed by atoms with Crippen LogP contribution in [0.15, 0.2) is 0 Å². The van der Waals surface area contributed by atoms with Gasteiger partial charge in [-0.25, -0.2) is 0 Å². The molecule has 10 heavy (non-hydrogen) atoms. The molecular weight excluding hydrogens is 127 g/mol. The fourth-order valence-corrected chi connectivity index (χ4v) is 0.388. The Morgan fingerprint density at radius 1 is 1.00 bits per heavy atom. The third-order valence-electron chi connectivity index (χ3n) is 2.25. The van der Waals surface area contributed by atoms with Gasteiger partial charge in [0.25, 0.3) is 8.05 Å². The second kappa shape index (κ2) is 2.93. The van der Waals surface area contributed by atoms with Gasteiger partial charge in [0.2, 0.25) is 0 Å². The van der Waals surface area contributed by atoms with E-state index < -0.39 is 5.60 Å². The summed E-state index contributed by atoms with van der Waals surface area (Å²) in [6, 6.07) is 0. The molecule has 3 heteroatoms. The summed E-state index contributed by atoms with van der Waals surface area (Å²) in [5.41, 5.74) is -0.816. The van der Waals surface area contributed by atoms with E-state index in [1.54, 1.807) is 7.11 Å². The van der Waals surface area contributed by atoms with E-state index in [4.69, 9.17) is 17.4 Å². The van der Waals surface area contributed by atoms with Crippen LogP contribution in [0.4, 0.5) is 0 Å². The summed E-state index contributed by atoms with van der Waals surface area (Å²) < 4.78 is 9.96. The molecule has 0 aromatic rings. The maximum absolute atomic E-state index is 5.19. The highest BCUT2D eigenvalue weighted by atomic mass is 16.5. The van der Waals surface area contributed by atoms with Crippen LogP contribution in [0.25, 0.3) is 0 Å². The number of rotatable bonds is 3. The highest BCUT2D eigenvalue weighted by Crippen LogP contribution is 2.26. The molecule has 0 aliphatic carbocycles. The lowest BCUT2D eigenvalue weighted by Gasteiger charge is -2.39. The molecule has 0 fully saturated rings. The van der Waals surface area contributed by atoms with Crippen molar-refractivity contribution in [1.29, 1.82) is 0 Å². The van der Waals surface area contributed by atoms with Crippen LogP contribution in [0.1, 0.15) is 27.7 Å². The molecule has 0 rings (SSSR count). The van der Waals surface area contributed by atoms with Gasteiger partial charge < -0.3 is 9.39 Å². The largest absolute Gasteiger partial charge is 0.440 e. The Bertz CT molecular complexity index is 96.2. The average molecular weight is 142 g/mol. The Kier molecular flexibility index (Phi) is 2.92. The first-order chi connectivity index (χ1) is 4.37. The molecule has 58 valence electrons. The summed E-state index contributed by atoms with van der Waals surface area (Å²) in [5.74, 6) is 0. The number of ether oxygens (including phenoxy) is 1. The Labute approximate surface area is 64.3 Å². The minimum atomic E-state index is -0.457. The molecule has 0 heterocycles. The molecule has 0 aliphatic rings. The molecule has 0 saturated heterocycles. The van der Waals surface area contributed by atoms with E-state index in [0.29, 0.717) is 0 Å². The first kappa shape index (κ1) is 9.98. The second-order valence-corrected chi connectivity index (χ2v) is 3.34. The normalized spacial score (nSPS) is 13.7. The Balaban J connectivity index is 4.28. The zero-order chi connectivity index (χ0) is 8.41. The summed E-state index contributed by atoms with van der Waals surface area (Å²) in [7, 11) is 6.73. The zero-order valence-corrected chi connectivity index (χ0v) is 7.39.